The second kappa shape index (κ2) is 7.11. The van der Waals surface area contributed by atoms with E-state index in [4.69, 9.17) is 9.72 Å². The molecule has 0 fully saturated rings. The van der Waals surface area contributed by atoms with Gasteiger partial charge < -0.3 is 10.1 Å². The Morgan fingerprint density at radius 2 is 1.85 bits per heavy atom. The molecular formula is C22H21N3O2. The molecule has 4 rings (SSSR count). The van der Waals surface area contributed by atoms with Crippen LogP contribution in [0.25, 0.3) is 16.7 Å². The number of esters is 1. The van der Waals surface area contributed by atoms with Crippen LogP contribution in [-0.4, -0.2) is 29.0 Å². The van der Waals surface area contributed by atoms with Gasteiger partial charge in [0, 0.05) is 6.54 Å². The predicted octanol–water partition coefficient (Wildman–Crippen LogP) is 4.24. The van der Waals surface area contributed by atoms with Crippen molar-refractivity contribution in [3.63, 3.8) is 0 Å². The maximum absolute atomic E-state index is 12.3. The number of nitrogens with one attached hydrogen (secondary N) is 1. The number of methoxy groups -OCH3 is 1. The monoisotopic (exact) mass is 359 g/mol. The third-order valence-corrected chi connectivity index (χ3v) is 4.73. The number of carbonyl (C=O) groups is 1. The van der Waals surface area contributed by atoms with Crippen molar-refractivity contribution in [3.05, 3.63) is 77.4 Å². The Bertz CT molecular complexity index is 1120. The highest BCUT2D eigenvalue weighted by Crippen LogP contribution is 2.27. The average Bonchev–Trinajstić information content (AvgIpc) is 3.07. The minimum atomic E-state index is -0.372. The Kier molecular flexibility index (Phi) is 4.50. The van der Waals surface area contributed by atoms with E-state index in [0.29, 0.717) is 11.2 Å². The van der Waals surface area contributed by atoms with E-state index in [-0.39, 0.29) is 5.97 Å². The molecule has 4 aromatic rings. The molecule has 0 bridgehead atoms. The van der Waals surface area contributed by atoms with Gasteiger partial charge in [0.1, 0.15) is 11.4 Å². The number of benzene rings is 2. The number of nitrogens with zero attached hydrogens (tertiary/aromatic N) is 2. The summed E-state index contributed by atoms with van der Waals surface area (Å²) in [7, 11) is 1.40. The zero-order valence-corrected chi connectivity index (χ0v) is 15.4. The van der Waals surface area contributed by atoms with Crippen molar-refractivity contribution < 1.29 is 9.53 Å². The van der Waals surface area contributed by atoms with E-state index in [0.717, 1.165) is 35.4 Å². The molecule has 2 aromatic carbocycles. The molecular weight excluding hydrogens is 338 g/mol. The molecule has 0 amide bonds. The number of para-hydroxylation sites is 2. The minimum Gasteiger partial charge on any atom is -0.465 e. The molecule has 1 N–H and O–H groups in total. The van der Waals surface area contributed by atoms with Gasteiger partial charge in [0.05, 0.1) is 18.1 Å². The molecule has 2 aromatic heterocycles. The van der Waals surface area contributed by atoms with Crippen LogP contribution in [0, 0.1) is 6.92 Å². The van der Waals surface area contributed by atoms with Crippen LogP contribution < -0.4 is 5.32 Å². The summed E-state index contributed by atoms with van der Waals surface area (Å²) in [5.41, 5.74) is 5.04. The number of carbonyl (C=O) groups excluding carboxylic acids is 1. The third-order valence-electron chi connectivity index (χ3n) is 4.73. The summed E-state index contributed by atoms with van der Waals surface area (Å²) in [6.07, 6.45) is 0.909. The van der Waals surface area contributed by atoms with Crippen LogP contribution in [0.1, 0.15) is 21.5 Å². The zero-order valence-electron chi connectivity index (χ0n) is 15.4. The SMILES string of the molecule is COC(=O)c1c(C)cc(NCCc2ccccc2)n2c1nc1ccccc12. The van der Waals surface area contributed by atoms with Gasteiger partial charge in [-0.05, 0) is 42.7 Å². The molecule has 27 heavy (non-hydrogen) atoms. The molecule has 5 heteroatoms. The van der Waals surface area contributed by atoms with Crippen LogP contribution in [0.4, 0.5) is 5.82 Å². The minimum absolute atomic E-state index is 0.372. The Balaban J connectivity index is 1.79. The first-order valence-corrected chi connectivity index (χ1v) is 8.96. The molecule has 0 saturated carbocycles. The first kappa shape index (κ1) is 17.1. The Morgan fingerprint density at radius 3 is 2.63 bits per heavy atom. The average molecular weight is 359 g/mol. The van der Waals surface area contributed by atoms with E-state index in [1.807, 2.05) is 59.9 Å². The Hall–Kier alpha value is -3.34. The van der Waals surface area contributed by atoms with Gasteiger partial charge in [0.2, 0.25) is 0 Å². The summed E-state index contributed by atoms with van der Waals surface area (Å²) in [5, 5.41) is 3.51. The molecule has 0 unspecified atom stereocenters. The van der Waals surface area contributed by atoms with Crippen LogP contribution in [0.2, 0.25) is 0 Å². The van der Waals surface area contributed by atoms with Crippen molar-refractivity contribution in [2.45, 2.75) is 13.3 Å². The van der Waals surface area contributed by atoms with Gasteiger partial charge in [-0.3, -0.25) is 4.40 Å². The summed E-state index contributed by atoms with van der Waals surface area (Å²) in [5.74, 6) is 0.545. The second-order valence-corrected chi connectivity index (χ2v) is 6.50. The number of ether oxygens (including phenoxy) is 1. The summed E-state index contributed by atoms with van der Waals surface area (Å²) in [6.45, 7) is 2.69. The number of rotatable bonds is 5. The Morgan fingerprint density at radius 1 is 1.11 bits per heavy atom. The first-order valence-electron chi connectivity index (χ1n) is 8.96. The number of aryl methyl sites for hydroxylation is 1. The smallest absolute Gasteiger partial charge is 0.341 e. The third kappa shape index (κ3) is 3.12. The van der Waals surface area contributed by atoms with E-state index in [2.05, 4.69) is 17.4 Å². The summed E-state index contributed by atoms with van der Waals surface area (Å²) >= 11 is 0. The summed E-state index contributed by atoms with van der Waals surface area (Å²) in [6, 6.07) is 20.2. The van der Waals surface area contributed by atoms with E-state index in [9.17, 15) is 4.79 Å². The van der Waals surface area contributed by atoms with Crippen LogP contribution in [-0.2, 0) is 11.2 Å². The standard InChI is InChI=1S/C22H21N3O2/c1-15-14-19(23-13-12-16-8-4-3-5-9-16)25-18-11-7-6-10-17(18)24-21(25)20(15)22(26)27-2/h3-11,14,23H,12-13H2,1-2H3. The van der Waals surface area contributed by atoms with E-state index < -0.39 is 0 Å². The number of anilines is 1. The first-order chi connectivity index (χ1) is 13.2. The maximum Gasteiger partial charge on any atom is 0.341 e. The summed E-state index contributed by atoms with van der Waals surface area (Å²) in [4.78, 5) is 17.0. The molecule has 0 aliphatic heterocycles. The molecule has 0 aliphatic carbocycles. The van der Waals surface area contributed by atoms with Crippen molar-refractivity contribution >= 4 is 28.5 Å². The molecule has 0 spiro atoms. The lowest BCUT2D eigenvalue weighted by Gasteiger charge is -2.14. The van der Waals surface area contributed by atoms with E-state index in [1.54, 1.807) is 0 Å². The molecule has 0 atom stereocenters. The number of fused-ring (bicyclic) bond motifs is 3. The van der Waals surface area contributed by atoms with Gasteiger partial charge in [-0.1, -0.05) is 42.5 Å². The number of pyridine rings is 1. The fraction of sp³-hybridized carbons (Fsp3) is 0.182. The lowest BCUT2D eigenvalue weighted by atomic mass is 10.1. The molecule has 136 valence electrons. The fourth-order valence-electron chi connectivity index (χ4n) is 3.42. The van der Waals surface area contributed by atoms with Gasteiger partial charge in [0.15, 0.2) is 5.65 Å². The van der Waals surface area contributed by atoms with Crippen molar-refractivity contribution in [2.24, 2.45) is 0 Å². The largest absolute Gasteiger partial charge is 0.465 e. The quantitative estimate of drug-likeness (QED) is 0.542. The topological polar surface area (TPSA) is 55.6 Å². The lowest BCUT2D eigenvalue weighted by molar-refractivity contribution is 0.0601. The predicted molar refractivity (Wildman–Crippen MR) is 107 cm³/mol. The van der Waals surface area contributed by atoms with Crippen molar-refractivity contribution in [2.75, 3.05) is 19.0 Å². The number of imidazole rings is 1. The second-order valence-electron chi connectivity index (χ2n) is 6.50. The van der Waals surface area contributed by atoms with Crippen molar-refractivity contribution in [1.29, 1.82) is 0 Å². The number of aromatic nitrogens is 2. The van der Waals surface area contributed by atoms with Crippen molar-refractivity contribution in [1.82, 2.24) is 9.38 Å². The Labute approximate surface area is 157 Å². The van der Waals surface area contributed by atoms with Crippen LogP contribution >= 0.6 is 0 Å². The molecule has 0 radical (unpaired) electrons. The van der Waals surface area contributed by atoms with Crippen LogP contribution in [0.15, 0.2) is 60.7 Å². The van der Waals surface area contributed by atoms with Gasteiger partial charge in [0.25, 0.3) is 0 Å². The van der Waals surface area contributed by atoms with Gasteiger partial charge in [-0.15, -0.1) is 0 Å². The zero-order chi connectivity index (χ0) is 18.8. The highest BCUT2D eigenvalue weighted by Gasteiger charge is 2.20. The van der Waals surface area contributed by atoms with Gasteiger partial charge in [-0.2, -0.15) is 0 Å². The highest BCUT2D eigenvalue weighted by atomic mass is 16.5. The van der Waals surface area contributed by atoms with E-state index >= 15 is 0 Å². The maximum atomic E-state index is 12.3. The van der Waals surface area contributed by atoms with Gasteiger partial charge >= 0.3 is 5.97 Å². The van der Waals surface area contributed by atoms with Gasteiger partial charge in [-0.25, -0.2) is 9.78 Å². The van der Waals surface area contributed by atoms with Crippen LogP contribution in [0.3, 0.4) is 0 Å². The molecule has 5 nitrogen and oxygen atoms in total. The number of hydrogen-bond acceptors (Lipinski definition) is 4. The fourth-order valence-corrected chi connectivity index (χ4v) is 3.42. The highest BCUT2D eigenvalue weighted by molar-refractivity contribution is 6.00. The molecule has 2 heterocycles. The van der Waals surface area contributed by atoms with Crippen LogP contribution in [0.5, 0.6) is 0 Å². The van der Waals surface area contributed by atoms with Crippen molar-refractivity contribution in [3.8, 4) is 0 Å². The molecule has 0 saturated heterocycles. The summed E-state index contributed by atoms with van der Waals surface area (Å²) < 4.78 is 6.99. The normalized spacial score (nSPS) is 11.0. The lowest BCUT2D eigenvalue weighted by Crippen LogP contribution is -2.12. The van der Waals surface area contributed by atoms with E-state index in [1.165, 1.54) is 12.7 Å². The number of hydrogen-bond donors (Lipinski definition) is 1. The molecule has 0 aliphatic rings.